The molecule has 0 spiro atoms. The van der Waals surface area contributed by atoms with Crippen LogP contribution < -0.4 is 14.2 Å². The quantitative estimate of drug-likeness (QED) is 0.363. The third-order valence-corrected chi connectivity index (χ3v) is 5.26. The molecule has 0 aromatic heterocycles. The van der Waals surface area contributed by atoms with E-state index >= 15 is 0 Å². The molecule has 9 heteroatoms. The zero-order valence-electron chi connectivity index (χ0n) is 18.2. The molecule has 0 aliphatic carbocycles. The van der Waals surface area contributed by atoms with Crippen LogP contribution in [0.15, 0.2) is 42.0 Å². The second-order valence-electron chi connectivity index (χ2n) is 6.95. The molecule has 0 radical (unpaired) electrons. The summed E-state index contributed by atoms with van der Waals surface area (Å²) < 4.78 is 20.9. The van der Waals surface area contributed by atoms with Gasteiger partial charge in [-0.15, -0.1) is 0 Å². The van der Waals surface area contributed by atoms with Crippen molar-refractivity contribution in [2.24, 2.45) is 0 Å². The maximum atomic E-state index is 13.1. The lowest BCUT2D eigenvalue weighted by Crippen LogP contribution is -2.32. The van der Waals surface area contributed by atoms with Gasteiger partial charge in [-0.3, -0.25) is 9.59 Å². The molecule has 2 aromatic rings. The molecule has 1 unspecified atom stereocenters. The Kier molecular flexibility index (Phi) is 6.89. The van der Waals surface area contributed by atoms with Gasteiger partial charge >= 0.3 is 0 Å². The van der Waals surface area contributed by atoms with Gasteiger partial charge in [0, 0.05) is 13.7 Å². The molecule has 1 fully saturated rings. The van der Waals surface area contributed by atoms with E-state index in [2.05, 4.69) is 0 Å². The van der Waals surface area contributed by atoms with Crippen molar-refractivity contribution in [3.8, 4) is 23.0 Å². The van der Waals surface area contributed by atoms with Crippen molar-refractivity contribution >= 4 is 17.4 Å². The van der Waals surface area contributed by atoms with Gasteiger partial charge in [-0.05, 0) is 29.8 Å². The first kappa shape index (κ1) is 23.0. The minimum Gasteiger partial charge on any atom is -0.506 e. The number of carbonyl (C=O) groups is 2. The molecule has 170 valence electrons. The van der Waals surface area contributed by atoms with Crippen molar-refractivity contribution in [3.05, 3.63) is 53.1 Å². The molecular formula is C23H25NO8. The summed E-state index contributed by atoms with van der Waals surface area (Å²) in [5, 5.41) is 21.6. The summed E-state index contributed by atoms with van der Waals surface area (Å²) in [6.07, 6.45) is 0. The fourth-order valence-corrected chi connectivity index (χ4v) is 3.74. The predicted molar refractivity (Wildman–Crippen MR) is 115 cm³/mol. The van der Waals surface area contributed by atoms with E-state index in [0.717, 1.165) is 0 Å². The number of methoxy groups -OCH3 is 4. The van der Waals surface area contributed by atoms with Crippen molar-refractivity contribution in [3.63, 3.8) is 0 Å². The van der Waals surface area contributed by atoms with Crippen LogP contribution in [0.2, 0.25) is 0 Å². The number of Topliss-reactive ketones (excluding diaryl/α,β-unsaturated/α-hetero) is 1. The Bertz CT molecular complexity index is 1040. The highest BCUT2D eigenvalue weighted by atomic mass is 16.5. The molecule has 32 heavy (non-hydrogen) atoms. The van der Waals surface area contributed by atoms with Crippen molar-refractivity contribution in [1.29, 1.82) is 0 Å². The highest BCUT2D eigenvalue weighted by Gasteiger charge is 2.46. The molecule has 1 aliphatic heterocycles. The monoisotopic (exact) mass is 443 g/mol. The number of carbonyl (C=O) groups excluding carboxylic acids is 2. The van der Waals surface area contributed by atoms with E-state index in [-0.39, 0.29) is 47.3 Å². The van der Waals surface area contributed by atoms with Crippen LogP contribution in [0.5, 0.6) is 23.0 Å². The van der Waals surface area contributed by atoms with E-state index < -0.39 is 23.5 Å². The number of phenolic OH excluding ortho intramolecular Hbond substituents is 1. The van der Waals surface area contributed by atoms with Crippen molar-refractivity contribution in [2.45, 2.75) is 6.04 Å². The van der Waals surface area contributed by atoms with Gasteiger partial charge in [0.05, 0.1) is 39.6 Å². The largest absolute Gasteiger partial charge is 0.506 e. The third kappa shape index (κ3) is 3.94. The number of nitrogens with zero attached hydrogens (tertiary/aromatic N) is 1. The van der Waals surface area contributed by atoms with Crippen LogP contribution >= 0.6 is 0 Å². The molecule has 9 nitrogen and oxygen atoms in total. The first-order valence-electron chi connectivity index (χ1n) is 9.75. The predicted octanol–water partition coefficient (Wildman–Crippen LogP) is 2.49. The second kappa shape index (κ2) is 9.61. The Labute approximate surface area is 185 Å². The molecule has 0 saturated carbocycles. The van der Waals surface area contributed by atoms with Gasteiger partial charge in [0.2, 0.25) is 0 Å². The minimum absolute atomic E-state index is 0.0956. The standard InChI is InChI=1S/C23H25NO8/c1-29-11-10-24-20(13-8-9-15(30-2)14(25)12-13)19(22(27)23(24)28)21(26)18-16(31-3)6-5-7-17(18)32-4/h5-9,12,20,25-26H,10-11H2,1-4H3/b21-19+. The molecule has 1 aliphatic rings. The Balaban J connectivity index is 2.27. The lowest BCUT2D eigenvalue weighted by atomic mass is 9.94. The van der Waals surface area contributed by atoms with E-state index in [0.29, 0.717) is 5.56 Å². The summed E-state index contributed by atoms with van der Waals surface area (Å²) in [4.78, 5) is 27.2. The molecule has 0 bridgehead atoms. The van der Waals surface area contributed by atoms with Crippen LogP contribution in [-0.4, -0.2) is 68.4 Å². The summed E-state index contributed by atoms with van der Waals surface area (Å²) >= 11 is 0. The van der Waals surface area contributed by atoms with E-state index in [4.69, 9.17) is 18.9 Å². The number of aliphatic hydroxyl groups is 1. The lowest BCUT2D eigenvalue weighted by Gasteiger charge is -2.25. The van der Waals surface area contributed by atoms with Gasteiger partial charge in [0.15, 0.2) is 11.5 Å². The van der Waals surface area contributed by atoms with Crippen LogP contribution in [-0.2, 0) is 14.3 Å². The zero-order chi connectivity index (χ0) is 23.4. The van der Waals surface area contributed by atoms with Crippen molar-refractivity contribution in [1.82, 2.24) is 4.90 Å². The van der Waals surface area contributed by atoms with Gasteiger partial charge in [-0.1, -0.05) is 12.1 Å². The fourth-order valence-electron chi connectivity index (χ4n) is 3.74. The number of likely N-dealkylation sites (tertiary alicyclic amines) is 1. The molecule has 2 aromatic carbocycles. The zero-order valence-corrected chi connectivity index (χ0v) is 18.2. The van der Waals surface area contributed by atoms with Crippen molar-refractivity contribution in [2.75, 3.05) is 41.6 Å². The smallest absolute Gasteiger partial charge is 0.295 e. The number of benzene rings is 2. The molecule has 1 heterocycles. The maximum absolute atomic E-state index is 13.1. The Morgan fingerprint density at radius 1 is 0.969 bits per heavy atom. The lowest BCUT2D eigenvalue weighted by molar-refractivity contribution is -0.140. The van der Waals surface area contributed by atoms with Gasteiger partial charge in [0.25, 0.3) is 11.7 Å². The molecule has 1 amide bonds. The fraction of sp³-hybridized carbons (Fsp3) is 0.304. The van der Waals surface area contributed by atoms with E-state index in [1.807, 2.05) is 0 Å². The molecule has 2 N–H and O–H groups in total. The number of aromatic hydroxyl groups is 1. The van der Waals surface area contributed by atoms with Crippen LogP contribution in [0.3, 0.4) is 0 Å². The van der Waals surface area contributed by atoms with E-state index in [1.165, 1.54) is 45.5 Å². The molecular weight excluding hydrogens is 418 g/mol. The first-order chi connectivity index (χ1) is 15.4. The van der Waals surface area contributed by atoms with Crippen LogP contribution in [0, 0.1) is 0 Å². The van der Waals surface area contributed by atoms with Gasteiger partial charge < -0.3 is 34.1 Å². The molecule has 3 rings (SSSR count). The Morgan fingerprint density at radius 3 is 2.12 bits per heavy atom. The Hall–Kier alpha value is -3.72. The summed E-state index contributed by atoms with van der Waals surface area (Å²) in [5.41, 5.74) is 0.400. The first-order valence-corrected chi connectivity index (χ1v) is 9.75. The number of rotatable bonds is 8. The van der Waals surface area contributed by atoms with E-state index in [1.54, 1.807) is 24.3 Å². The van der Waals surface area contributed by atoms with Crippen molar-refractivity contribution < 1.29 is 38.7 Å². The van der Waals surface area contributed by atoms with Gasteiger partial charge in [0.1, 0.15) is 22.8 Å². The van der Waals surface area contributed by atoms with Crippen LogP contribution in [0.1, 0.15) is 17.2 Å². The Morgan fingerprint density at radius 2 is 1.59 bits per heavy atom. The number of hydrogen-bond acceptors (Lipinski definition) is 8. The van der Waals surface area contributed by atoms with Crippen LogP contribution in [0.4, 0.5) is 0 Å². The summed E-state index contributed by atoms with van der Waals surface area (Å²) in [5.74, 6) is -1.52. The SMILES string of the molecule is COCCN1C(=O)C(=O)/C(=C(/O)c2c(OC)cccc2OC)C1c1ccc(OC)c(O)c1. The third-order valence-electron chi connectivity index (χ3n) is 5.26. The van der Waals surface area contributed by atoms with Gasteiger partial charge in [-0.25, -0.2) is 0 Å². The maximum Gasteiger partial charge on any atom is 0.295 e. The van der Waals surface area contributed by atoms with E-state index in [9.17, 15) is 19.8 Å². The topological polar surface area (TPSA) is 115 Å². The average molecular weight is 443 g/mol. The number of hydrogen-bond donors (Lipinski definition) is 2. The molecule has 1 saturated heterocycles. The highest BCUT2D eigenvalue weighted by molar-refractivity contribution is 6.46. The summed E-state index contributed by atoms with van der Waals surface area (Å²) in [6.45, 7) is 0.266. The number of aliphatic hydroxyl groups excluding tert-OH is 1. The second-order valence-corrected chi connectivity index (χ2v) is 6.95. The highest BCUT2D eigenvalue weighted by Crippen LogP contribution is 2.44. The number of ketones is 1. The average Bonchev–Trinajstić information content (AvgIpc) is 3.06. The van der Waals surface area contributed by atoms with Crippen LogP contribution in [0.25, 0.3) is 5.76 Å². The van der Waals surface area contributed by atoms with Gasteiger partial charge in [-0.2, -0.15) is 0 Å². The number of ether oxygens (including phenoxy) is 4. The minimum atomic E-state index is -0.975. The summed E-state index contributed by atoms with van der Waals surface area (Å²) in [6, 6.07) is 8.43. The summed E-state index contributed by atoms with van der Waals surface area (Å²) in [7, 11) is 5.72. The molecule has 1 atom stereocenters. The number of phenols is 1. The number of amides is 1. The normalized spacial score (nSPS) is 17.5.